The van der Waals surface area contributed by atoms with Crippen LogP contribution < -0.4 is 17.2 Å². The minimum Gasteiger partial charge on any atom is -0.390 e. The highest BCUT2D eigenvalue weighted by Crippen LogP contribution is 2.66. The number of ether oxygens (including phenoxy) is 2. The number of rotatable bonds is 13. The minimum absolute atomic E-state index is 0.0639. The van der Waals surface area contributed by atoms with Crippen LogP contribution in [0.3, 0.4) is 0 Å². The van der Waals surface area contributed by atoms with Crippen molar-refractivity contribution in [3.05, 3.63) is 61.7 Å². The van der Waals surface area contributed by atoms with E-state index < -0.39 is 70.6 Å². The minimum atomic E-state index is -5.77. The van der Waals surface area contributed by atoms with E-state index in [0.717, 1.165) is 4.57 Å². The molecule has 21 nitrogen and oxygen atoms in total. The summed E-state index contributed by atoms with van der Waals surface area (Å²) < 4.78 is 58.8. The molecule has 1 fully saturated rings. The molecule has 6 atom stereocenters. The fourth-order valence-corrected chi connectivity index (χ4v) is 7.51. The van der Waals surface area contributed by atoms with Gasteiger partial charge in [0.1, 0.15) is 18.1 Å². The number of benzene rings is 1. The molecule has 1 aromatic heterocycles. The summed E-state index contributed by atoms with van der Waals surface area (Å²) in [6.07, 6.45) is -4.03. The van der Waals surface area contributed by atoms with Crippen LogP contribution in [0.2, 0.25) is 0 Å². The molecule has 24 heteroatoms. The van der Waals surface area contributed by atoms with Gasteiger partial charge < -0.3 is 45.6 Å². The molecular weight excluding hydrogens is 707 g/mol. The maximum absolute atomic E-state index is 12.7. The van der Waals surface area contributed by atoms with Crippen molar-refractivity contribution in [2.45, 2.75) is 58.3 Å². The number of nitro groups is 1. The van der Waals surface area contributed by atoms with Gasteiger partial charge in [-0.25, -0.2) is 18.5 Å². The molecular formula is C24H34N5O16P3. The molecule has 3 rings (SSSR count). The Labute approximate surface area is 272 Å². The van der Waals surface area contributed by atoms with Crippen molar-refractivity contribution >= 4 is 35.0 Å². The van der Waals surface area contributed by atoms with Crippen LogP contribution in [0, 0.1) is 27.4 Å². The van der Waals surface area contributed by atoms with Gasteiger partial charge in [-0.05, 0) is 17.5 Å². The number of hydrogen-bond donors (Lipinski definition) is 7. The van der Waals surface area contributed by atoms with Crippen LogP contribution in [0.5, 0.6) is 0 Å². The van der Waals surface area contributed by atoms with Gasteiger partial charge in [0, 0.05) is 29.8 Å². The summed E-state index contributed by atoms with van der Waals surface area (Å²) >= 11 is 0. The summed E-state index contributed by atoms with van der Waals surface area (Å²) in [6.45, 7) is 4.19. The van der Waals surface area contributed by atoms with Crippen molar-refractivity contribution in [3.63, 3.8) is 0 Å². The Kier molecular flexibility index (Phi) is 12.6. The van der Waals surface area contributed by atoms with Crippen LogP contribution in [0.4, 0.5) is 11.5 Å². The van der Waals surface area contributed by atoms with Gasteiger partial charge in [-0.1, -0.05) is 32.6 Å². The van der Waals surface area contributed by atoms with Crippen molar-refractivity contribution < 1.29 is 65.9 Å². The molecule has 2 heterocycles. The molecule has 0 spiro atoms. The van der Waals surface area contributed by atoms with Crippen LogP contribution in [-0.4, -0.2) is 64.5 Å². The molecule has 1 aliphatic heterocycles. The summed E-state index contributed by atoms with van der Waals surface area (Å²) in [5.41, 5.74) is 10.3. The summed E-state index contributed by atoms with van der Waals surface area (Å²) in [5.74, 6) is 5.15. The van der Waals surface area contributed by atoms with E-state index in [1.165, 1.54) is 18.3 Å². The van der Waals surface area contributed by atoms with Gasteiger partial charge in [0.2, 0.25) is 0 Å². The number of aliphatic hydroxyl groups is 1. The van der Waals surface area contributed by atoms with Gasteiger partial charge in [0.05, 0.1) is 42.5 Å². The number of aromatic nitrogens is 2. The smallest absolute Gasteiger partial charge is 0.390 e. The predicted octanol–water partition coefficient (Wildman–Crippen LogP) is 1.34. The average Bonchev–Trinajstić information content (AvgIpc) is 3.29. The SMILES string of the molecule is CC(C)(C)C(OCc1cn([C@H]2C[C@@H](O)[C@@H](COP(=O)(O)OP(=O)(O)OP(=O)(O)O)O2)c(=O)nc1N)c1ccc(C#CCN)cc1[N+](=O)[O-]. The lowest BCUT2D eigenvalue weighted by Gasteiger charge is -2.31. The number of aliphatic hydroxyl groups excluding tert-OH is 1. The van der Waals surface area contributed by atoms with E-state index in [9.17, 15) is 43.5 Å². The molecule has 0 radical (unpaired) electrons. The molecule has 0 saturated carbocycles. The Morgan fingerprint density at radius 3 is 2.44 bits per heavy atom. The van der Waals surface area contributed by atoms with E-state index >= 15 is 0 Å². The van der Waals surface area contributed by atoms with Crippen molar-refractivity contribution in [2.24, 2.45) is 11.1 Å². The van der Waals surface area contributed by atoms with Crippen LogP contribution in [0.15, 0.2) is 29.2 Å². The van der Waals surface area contributed by atoms with Gasteiger partial charge >= 0.3 is 29.2 Å². The molecule has 0 amide bonds. The van der Waals surface area contributed by atoms with Crippen molar-refractivity contribution in [1.82, 2.24) is 9.55 Å². The zero-order valence-electron chi connectivity index (χ0n) is 25.5. The maximum Gasteiger partial charge on any atom is 0.490 e. The van der Waals surface area contributed by atoms with Gasteiger partial charge in [0.25, 0.3) is 5.69 Å². The third-order valence-corrected chi connectivity index (χ3v) is 10.2. The molecule has 2 aromatic rings. The van der Waals surface area contributed by atoms with Gasteiger partial charge in [-0.15, -0.1) is 0 Å². The fraction of sp³-hybridized carbons (Fsp3) is 0.500. The van der Waals surface area contributed by atoms with Crippen LogP contribution in [-0.2, 0) is 42.9 Å². The van der Waals surface area contributed by atoms with Crippen LogP contribution >= 0.6 is 23.5 Å². The first-order valence-corrected chi connectivity index (χ1v) is 18.1. The first kappa shape index (κ1) is 39.5. The van der Waals surface area contributed by atoms with Gasteiger partial charge in [-0.3, -0.25) is 19.2 Å². The lowest BCUT2D eigenvalue weighted by molar-refractivity contribution is -0.386. The quantitative estimate of drug-likeness (QED) is 0.0659. The Morgan fingerprint density at radius 1 is 1.19 bits per heavy atom. The lowest BCUT2D eigenvalue weighted by atomic mass is 9.83. The van der Waals surface area contributed by atoms with Gasteiger partial charge in [0.15, 0.2) is 0 Å². The first-order valence-electron chi connectivity index (χ1n) is 13.6. The fourth-order valence-electron chi connectivity index (χ4n) is 4.48. The zero-order valence-corrected chi connectivity index (χ0v) is 28.2. The zero-order chi connectivity index (χ0) is 36.2. The number of nitrogen functional groups attached to an aromatic ring is 1. The molecule has 1 aromatic carbocycles. The lowest BCUT2D eigenvalue weighted by Crippen LogP contribution is -2.30. The highest BCUT2D eigenvalue weighted by Gasteiger charge is 2.43. The number of hydrogen-bond acceptors (Lipinski definition) is 15. The second-order valence-electron chi connectivity index (χ2n) is 11.3. The molecule has 9 N–H and O–H groups in total. The Hall–Kier alpha value is -2.89. The number of phosphoric ester groups is 1. The Morgan fingerprint density at radius 2 is 1.85 bits per heavy atom. The highest BCUT2D eigenvalue weighted by atomic mass is 31.3. The molecule has 0 aliphatic carbocycles. The second-order valence-corrected chi connectivity index (χ2v) is 15.7. The van der Waals surface area contributed by atoms with E-state index in [1.807, 2.05) is 0 Å². The summed E-state index contributed by atoms with van der Waals surface area (Å²) in [5, 5.41) is 22.4. The number of nitrogens with zero attached hydrogens (tertiary/aromatic N) is 3. The third-order valence-electron chi connectivity index (χ3n) is 6.43. The van der Waals surface area contributed by atoms with E-state index in [4.69, 9.17) is 30.7 Å². The second kappa shape index (κ2) is 15.3. The number of anilines is 1. The number of nitrogens with two attached hydrogens (primary N) is 2. The van der Waals surface area contributed by atoms with E-state index in [-0.39, 0.29) is 42.2 Å². The number of phosphoric acid groups is 3. The summed E-state index contributed by atoms with van der Waals surface area (Å²) in [4.78, 5) is 64.1. The molecule has 1 aliphatic rings. The normalized spacial score (nSPS) is 21.5. The first-order chi connectivity index (χ1) is 22.0. The monoisotopic (exact) mass is 741 g/mol. The average molecular weight is 741 g/mol. The largest absolute Gasteiger partial charge is 0.490 e. The molecule has 266 valence electrons. The summed E-state index contributed by atoms with van der Waals surface area (Å²) in [6, 6.07) is 4.42. The highest BCUT2D eigenvalue weighted by molar-refractivity contribution is 7.66. The van der Waals surface area contributed by atoms with E-state index in [2.05, 4.69) is 30.0 Å². The standard InChI is InChI=1S/C24H34N5O16P3/c1-24(2,3)21(16-7-6-14(5-4-8-25)9-17(16)29(32)33)41-12-15-11-28(23(31)27-22(15)26)20-10-18(30)19(43-20)13-42-47(37,38)45-48(39,40)44-46(34,35)36/h6-7,9,11,18-21,30H,8,10,12-13,25H2,1-3H3,(H,37,38)(H,39,40)(H2,26,27,31)(H2,34,35,36)/t18-,19-,20-,21?/m1/s1. The van der Waals surface area contributed by atoms with Crippen molar-refractivity contribution in [3.8, 4) is 11.8 Å². The third kappa shape index (κ3) is 11.1. The van der Waals surface area contributed by atoms with Crippen LogP contribution in [0.1, 0.15) is 56.2 Å². The van der Waals surface area contributed by atoms with E-state index in [1.54, 1.807) is 26.8 Å². The molecule has 3 unspecified atom stereocenters. The summed E-state index contributed by atoms with van der Waals surface area (Å²) in [7, 11) is -16.9. The van der Waals surface area contributed by atoms with Crippen molar-refractivity contribution in [2.75, 3.05) is 18.9 Å². The Balaban J connectivity index is 1.79. The molecule has 48 heavy (non-hydrogen) atoms. The predicted molar refractivity (Wildman–Crippen MR) is 163 cm³/mol. The van der Waals surface area contributed by atoms with Crippen LogP contribution in [0.25, 0.3) is 0 Å². The van der Waals surface area contributed by atoms with E-state index in [0.29, 0.717) is 5.56 Å². The molecule has 1 saturated heterocycles. The maximum atomic E-state index is 12.7. The Bertz CT molecular complexity index is 1780. The topological polar surface area (TPSA) is 329 Å². The van der Waals surface area contributed by atoms with Crippen molar-refractivity contribution in [1.29, 1.82) is 0 Å². The number of nitro benzene ring substituents is 1. The molecule has 0 bridgehead atoms. The van der Waals surface area contributed by atoms with Gasteiger partial charge in [-0.2, -0.15) is 13.6 Å².